The van der Waals surface area contributed by atoms with Gasteiger partial charge >= 0.3 is 6.09 Å². The van der Waals surface area contributed by atoms with Gasteiger partial charge in [-0.15, -0.1) is 0 Å². The maximum absolute atomic E-state index is 12.1. The van der Waals surface area contributed by atoms with E-state index in [4.69, 9.17) is 4.74 Å². The van der Waals surface area contributed by atoms with E-state index in [1.54, 1.807) is 12.4 Å². The van der Waals surface area contributed by atoms with E-state index in [1.165, 1.54) is 19.3 Å². The molecule has 1 atom stereocenters. The number of alkyl carbamates (subject to hydrolysis) is 1. The summed E-state index contributed by atoms with van der Waals surface area (Å²) in [6, 6.07) is 13.9. The molecule has 0 spiro atoms. The smallest absolute Gasteiger partial charge is 0.408 e. The molecular weight excluding hydrogens is 404 g/mol. The number of amides is 2. The zero-order valence-electron chi connectivity index (χ0n) is 18.6. The van der Waals surface area contributed by atoms with Crippen molar-refractivity contribution in [3.05, 3.63) is 66.1 Å². The molecule has 1 aromatic carbocycles. The zero-order valence-corrected chi connectivity index (χ0v) is 18.6. The van der Waals surface area contributed by atoms with Crippen LogP contribution >= 0.6 is 0 Å². The van der Waals surface area contributed by atoms with Gasteiger partial charge in [-0.25, -0.2) is 4.79 Å². The number of carbonyl (C=O) groups is 2. The van der Waals surface area contributed by atoms with Gasteiger partial charge in [0, 0.05) is 17.6 Å². The number of rotatable bonds is 3. The van der Waals surface area contributed by atoms with E-state index >= 15 is 0 Å². The van der Waals surface area contributed by atoms with Crippen LogP contribution in [0, 0.1) is 0 Å². The summed E-state index contributed by atoms with van der Waals surface area (Å²) in [4.78, 5) is 30.4. The Hall–Kier alpha value is -3.35. The minimum absolute atomic E-state index is 0.00176. The number of H-pyrrole nitrogens is 1. The van der Waals surface area contributed by atoms with E-state index in [-0.39, 0.29) is 18.0 Å². The van der Waals surface area contributed by atoms with Gasteiger partial charge in [0.25, 0.3) is 5.91 Å². The molecule has 3 heterocycles. The van der Waals surface area contributed by atoms with Crippen LogP contribution in [0.4, 0.5) is 4.79 Å². The summed E-state index contributed by atoms with van der Waals surface area (Å²) < 4.78 is 5.17. The molecule has 7 nitrogen and oxygen atoms in total. The maximum atomic E-state index is 12.1. The molecule has 0 bridgehead atoms. The minimum atomic E-state index is -0.474. The maximum Gasteiger partial charge on any atom is 0.408 e. The fraction of sp³-hybridized carbons (Fsp3) is 0.400. The SMILES string of the molecule is CC1(C)OC(=O)N[C@H]1c1ccccc1.O=C(NC1CCCCC1)c1cc2ccncc2[nH]1. The Balaban J connectivity index is 0.000000158. The molecule has 2 amide bonds. The van der Waals surface area contributed by atoms with E-state index in [0.29, 0.717) is 11.7 Å². The quantitative estimate of drug-likeness (QED) is 0.548. The molecule has 1 saturated carbocycles. The van der Waals surface area contributed by atoms with E-state index in [1.807, 2.05) is 56.3 Å². The average Bonchev–Trinajstić information content (AvgIpc) is 3.35. The highest BCUT2D eigenvalue weighted by Crippen LogP contribution is 2.33. The molecule has 3 N–H and O–H groups in total. The van der Waals surface area contributed by atoms with Crippen molar-refractivity contribution in [2.24, 2.45) is 0 Å². The number of hydrogen-bond donors (Lipinski definition) is 3. The third-order valence-corrected chi connectivity index (χ3v) is 6.06. The first kappa shape index (κ1) is 21.9. The summed E-state index contributed by atoms with van der Waals surface area (Å²) in [6.45, 7) is 3.81. The largest absolute Gasteiger partial charge is 0.441 e. The Labute approximate surface area is 188 Å². The number of nitrogens with one attached hydrogen (secondary N) is 3. The van der Waals surface area contributed by atoms with Gasteiger partial charge in [-0.2, -0.15) is 0 Å². The second kappa shape index (κ2) is 9.42. The lowest BCUT2D eigenvalue weighted by molar-refractivity contribution is 0.0684. The van der Waals surface area contributed by atoms with Crippen molar-refractivity contribution in [3.8, 4) is 0 Å². The molecule has 2 aromatic heterocycles. The number of benzene rings is 1. The monoisotopic (exact) mass is 434 g/mol. The Morgan fingerprint density at radius 3 is 2.53 bits per heavy atom. The number of aromatic nitrogens is 2. The summed E-state index contributed by atoms with van der Waals surface area (Å²) in [5.41, 5.74) is 2.14. The minimum Gasteiger partial charge on any atom is -0.441 e. The molecule has 2 fully saturated rings. The molecule has 168 valence electrons. The van der Waals surface area contributed by atoms with Gasteiger partial charge in [-0.3, -0.25) is 9.78 Å². The van der Waals surface area contributed by atoms with E-state index in [0.717, 1.165) is 29.3 Å². The van der Waals surface area contributed by atoms with Crippen LogP contribution in [0.3, 0.4) is 0 Å². The summed E-state index contributed by atoms with van der Waals surface area (Å²) >= 11 is 0. The van der Waals surface area contributed by atoms with Crippen LogP contribution in [0.2, 0.25) is 0 Å². The second-order valence-corrected chi connectivity index (χ2v) is 8.94. The lowest BCUT2D eigenvalue weighted by atomic mass is 9.93. The van der Waals surface area contributed by atoms with Gasteiger partial charge in [-0.05, 0) is 44.4 Å². The van der Waals surface area contributed by atoms with Gasteiger partial charge in [-0.1, -0.05) is 49.6 Å². The number of nitrogens with zero attached hydrogens (tertiary/aromatic N) is 1. The Kier molecular flexibility index (Phi) is 6.44. The van der Waals surface area contributed by atoms with Crippen LogP contribution in [0.5, 0.6) is 0 Å². The molecule has 5 rings (SSSR count). The van der Waals surface area contributed by atoms with Crippen LogP contribution < -0.4 is 10.6 Å². The predicted octanol–water partition coefficient (Wildman–Crippen LogP) is 4.87. The molecule has 1 aliphatic heterocycles. The number of ether oxygens (including phenoxy) is 1. The van der Waals surface area contributed by atoms with Gasteiger partial charge in [0.2, 0.25) is 0 Å². The van der Waals surface area contributed by atoms with E-state index in [2.05, 4.69) is 20.6 Å². The fourth-order valence-corrected chi connectivity index (χ4v) is 4.35. The molecule has 0 radical (unpaired) electrons. The fourth-order valence-electron chi connectivity index (χ4n) is 4.35. The molecule has 7 heteroatoms. The topological polar surface area (TPSA) is 96.1 Å². The lowest BCUT2D eigenvalue weighted by Gasteiger charge is -2.23. The van der Waals surface area contributed by atoms with Crippen molar-refractivity contribution in [1.82, 2.24) is 20.6 Å². The molecule has 2 aliphatic rings. The predicted molar refractivity (Wildman–Crippen MR) is 123 cm³/mol. The van der Waals surface area contributed by atoms with Crippen LogP contribution in [0.25, 0.3) is 10.9 Å². The van der Waals surface area contributed by atoms with Crippen molar-refractivity contribution >= 4 is 22.9 Å². The Morgan fingerprint density at radius 2 is 1.88 bits per heavy atom. The molecular formula is C25H30N4O3. The van der Waals surface area contributed by atoms with Crippen LogP contribution in [0.1, 0.15) is 68.0 Å². The number of carbonyl (C=O) groups excluding carboxylic acids is 2. The van der Waals surface area contributed by atoms with Crippen LogP contribution in [0.15, 0.2) is 54.9 Å². The molecule has 3 aromatic rings. The summed E-state index contributed by atoms with van der Waals surface area (Å²) in [5.74, 6) is -0.00176. The number of aromatic amines is 1. The first-order valence-electron chi connectivity index (χ1n) is 11.2. The third-order valence-electron chi connectivity index (χ3n) is 6.06. The normalized spacial score (nSPS) is 20.1. The molecule has 1 saturated heterocycles. The van der Waals surface area contributed by atoms with Crippen molar-refractivity contribution in [2.45, 2.75) is 63.6 Å². The van der Waals surface area contributed by atoms with Crippen molar-refractivity contribution < 1.29 is 14.3 Å². The molecule has 32 heavy (non-hydrogen) atoms. The Morgan fingerprint density at radius 1 is 1.12 bits per heavy atom. The zero-order chi connectivity index (χ0) is 22.6. The van der Waals surface area contributed by atoms with Crippen molar-refractivity contribution in [1.29, 1.82) is 0 Å². The van der Waals surface area contributed by atoms with Crippen LogP contribution in [-0.4, -0.2) is 33.6 Å². The summed E-state index contributed by atoms with van der Waals surface area (Å²) in [6.07, 6.45) is 9.09. The summed E-state index contributed by atoms with van der Waals surface area (Å²) in [5, 5.41) is 6.93. The van der Waals surface area contributed by atoms with Crippen molar-refractivity contribution in [2.75, 3.05) is 0 Å². The first-order chi connectivity index (χ1) is 15.4. The highest BCUT2D eigenvalue weighted by atomic mass is 16.6. The van der Waals surface area contributed by atoms with E-state index in [9.17, 15) is 9.59 Å². The van der Waals surface area contributed by atoms with Gasteiger partial charge in [0.05, 0.1) is 17.8 Å². The van der Waals surface area contributed by atoms with E-state index < -0.39 is 5.60 Å². The Bertz CT molecular complexity index is 1040. The van der Waals surface area contributed by atoms with Gasteiger partial charge in [0.15, 0.2) is 0 Å². The standard InChI is InChI=1S/C14H17N3O.C11H13NO2/c18-14(16-11-4-2-1-3-5-11)12-8-10-6-7-15-9-13(10)17-12;1-11(2)9(12-10(13)14-11)8-6-4-3-5-7-8/h6-9,11,17H,1-5H2,(H,16,18);3-7,9H,1-2H3,(H,12,13)/t;9-/m.0/s1. The average molecular weight is 435 g/mol. The molecule has 1 aliphatic carbocycles. The number of cyclic esters (lactones) is 1. The highest BCUT2D eigenvalue weighted by molar-refractivity contribution is 5.97. The third kappa shape index (κ3) is 5.10. The number of hydrogen-bond acceptors (Lipinski definition) is 4. The first-order valence-corrected chi connectivity index (χ1v) is 11.2. The summed E-state index contributed by atoms with van der Waals surface area (Å²) in [7, 11) is 0. The number of pyridine rings is 1. The second-order valence-electron chi connectivity index (χ2n) is 8.94. The highest BCUT2D eigenvalue weighted by Gasteiger charge is 2.41. The molecule has 0 unspecified atom stereocenters. The van der Waals surface area contributed by atoms with Gasteiger partial charge < -0.3 is 20.4 Å². The lowest BCUT2D eigenvalue weighted by Crippen LogP contribution is -2.36. The van der Waals surface area contributed by atoms with Gasteiger partial charge in [0.1, 0.15) is 11.3 Å². The van der Waals surface area contributed by atoms with Crippen LogP contribution in [-0.2, 0) is 4.74 Å². The number of fused-ring (bicyclic) bond motifs is 1. The van der Waals surface area contributed by atoms with Crippen molar-refractivity contribution in [3.63, 3.8) is 0 Å².